The van der Waals surface area contributed by atoms with Crippen molar-refractivity contribution in [1.82, 2.24) is 0 Å². The van der Waals surface area contributed by atoms with Gasteiger partial charge in [0.2, 0.25) is 0 Å². The van der Waals surface area contributed by atoms with Crippen LogP contribution in [0.2, 0.25) is 0 Å². The van der Waals surface area contributed by atoms with Crippen molar-refractivity contribution in [1.29, 1.82) is 0 Å². The Kier molecular flexibility index (Phi) is 37.9. The van der Waals surface area contributed by atoms with E-state index in [1.54, 1.807) is 0 Å². The third-order valence-corrected chi connectivity index (χ3v) is 10.6. The largest absolute Gasteiger partial charge is 0.462 e. The first-order valence-corrected chi connectivity index (χ1v) is 24.0. The van der Waals surface area contributed by atoms with E-state index in [4.69, 9.17) is 18.9 Å². The van der Waals surface area contributed by atoms with Gasteiger partial charge in [0.05, 0.1) is 13.2 Å². The molecule has 10 nitrogen and oxygen atoms in total. The first kappa shape index (κ1) is 56.2. The summed E-state index contributed by atoms with van der Waals surface area (Å²) in [6.45, 7) is 3.26. The number of hydrogen-bond acceptors (Lipinski definition) is 10. The standard InChI is InChI=1S/C51H86O10/c1-3-5-7-9-11-13-15-17-19-21-22-24-25-27-29-31-33-35-37-39-46(53)58-42-44(43-59-51-50(57)49(56)48(55)45(41-52)61-51)60-47(54)40-38-36-34-32-30-28-26-23-20-18-16-14-12-10-8-6-4-2/h5,7,11,13-14,16-17,19,22,24,27,29,44-45,48-52,55-57H,3-4,6,8-10,12,15,18,20-21,23,25-26,28,30-43H2,1-2H3/b7-5+,13-11+,16-14+,19-17+,24-22+,29-27+/t44-,45-,48+,49?,50?,51-/m0/s1. The van der Waals surface area contributed by atoms with Crippen LogP contribution in [0.1, 0.15) is 181 Å². The van der Waals surface area contributed by atoms with Gasteiger partial charge in [0, 0.05) is 12.8 Å². The molecule has 1 aliphatic heterocycles. The average Bonchev–Trinajstić information content (AvgIpc) is 3.26. The Labute approximate surface area is 370 Å². The summed E-state index contributed by atoms with van der Waals surface area (Å²) in [6.07, 6.45) is 44.7. The first-order chi connectivity index (χ1) is 29.8. The molecule has 0 aromatic carbocycles. The lowest BCUT2D eigenvalue weighted by Crippen LogP contribution is -2.59. The van der Waals surface area contributed by atoms with E-state index in [-0.39, 0.29) is 26.1 Å². The Balaban J connectivity index is 2.33. The molecular weight excluding hydrogens is 773 g/mol. The summed E-state index contributed by atoms with van der Waals surface area (Å²) in [5.74, 6) is -0.850. The molecule has 1 rings (SSSR count). The second kappa shape index (κ2) is 41.2. The maximum Gasteiger partial charge on any atom is 0.306 e. The van der Waals surface area contributed by atoms with E-state index in [0.717, 1.165) is 70.6 Å². The van der Waals surface area contributed by atoms with Gasteiger partial charge in [-0.3, -0.25) is 9.59 Å². The van der Waals surface area contributed by atoms with E-state index >= 15 is 0 Å². The highest BCUT2D eigenvalue weighted by atomic mass is 16.7. The van der Waals surface area contributed by atoms with Crippen molar-refractivity contribution in [3.05, 3.63) is 72.9 Å². The fourth-order valence-electron chi connectivity index (χ4n) is 6.80. The Morgan fingerprint density at radius 2 is 0.967 bits per heavy atom. The molecule has 0 saturated carbocycles. The highest BCUT2D eigenvalue weighted by Gasteiger charge is 2.44. The van der Waals surface area contributed by atoms with Gasteiger partial charge in [-0.25, -0.2) is 0 Å². The monoisotopic (exact) mass is 859 g/mol. The van der Waals surface area contributed by atoms with Gasteiger partial charge in [-0.1, -0.05) is 157 Å². The number of unbranched alkanes of at least 4 members (excludes halogenated alkanes) is 16. The summed E-state index contributed by atoms with van der Waals surface area (Å²) in [6, 6.07) is 0. The van der Waals surface area contributed by atoms with Crippen LogP contribution in [-0.4, -0.2) is 89.0 Å². The first-order valence-electron chi connectivity index (χ1n) is 24.0. The Morgan fingerprint density at radius 3 is 1.49 bits per heavy atom. The van der Waals surface area contributed by atoms with E-state index in [0.29, 0.717) is 12.8 Å². The second-order valence-electron chi connectivity index (χ2n) is 16.2. The van der Waals surface area contributed by atoms with Crippen molar-refractivity contribution in [2.75, 3.05) is 19.8 Å². The van der Waals surface area contributed by atoms with E-state index in [9.17, 15) is 30.0 Å². The van der Waals surface area contributed by atoms with Crippen LogP contribution in [0.25, 0.3) is 0 Å². The third-order valence-electron chi connectivity index (χ3n) is 10.6. The van der Waals surface area contributed by atoms with Crippen LogP contribution in [0.3, 0.4) is 0 Å². The number of ether oxygens (including phenoxy) is 4. The summed E-state index contributed by atoms with van der Waals surface area (Å²) in [5, 5.41) is 40.1. The number of carbonyl (C=O) groups excluding carboxylic acids is 2. The molecule has 0 radical (unpaired) electrons. The van der Waals surface area contributed by atoms with Gasteiger partial charge >= 0.3 is 11.9 Å². The van der Waals surface area contributed by atoms with E-state index in [1.165, 1.54) is 70.6 Å². The summed E-state index contributed by atoms with van der Waals surface area (Å²) in [5.41, 5.74) is 0. The Hall–Kier alpha value is -2.86. The summed E-state index contributed by atoms with van der Waals surface area (Å²) in [4.78, 5) is 25.4. The topological polar surface area (TPSA) is 152 Å². The van der Waals surface area contributed by atoms with Crippen molar-refractivity contribution < 1.29 is 49.0 Å². The molecule has 2 unspecified atom stereocenters. The number of allylic oxidation sites excluding steroid dienone is 12. The van der Waals surface area contributed by atoms with Crippen LogP contribution < -0.4 is 0 Å². The number of carbonyl (C=O) groups is 2. The molecule has 1 saturated heterocycles. The average molecular weight is 859 g/mol. The third kappa shape index (κ3) is 32.5. The minimum absolute atomic E-state index is 0.217. The molecule has 4 N–H and O–H groups in total. The fourth-order valence-corrected chi connectivity index (χ4v) is 6.80. The molecular formula is C51H86O10. The molecule has 0 aromatic heterocycles. The fraction of sp³-hybridized carbons (Fsp3) is 0.725. The predicted octanol–water partition coefficient (Wildman–Crippen LogP) is 10.8. The number of hydrogen-bond donors (Lipinski definition) is 4. The van der Waals surface area contributed by atoms with Gasteiger partial charge in [-0.2, -0.15) is 0 Å². The molecule has 350 valence electrons. The van der Waals surface area contributed by atoms with Crippen LogP contribution in [0.5, 0.6) is 0 Å². The maximum atomic E-state index is 12.8. The lowest BCUT2D eigenvalue weighted by Gasteiger charge is -2.39. The summed E-state index contributed by atoms with van der Waals surface area (Å²) in [7, 11) is 0. The zero-order valence-electron chi connectivity index (χ0n) is 38.1. The minimum Gasteiger partial charge on any atom is -0.462 e. The van der Waals surface area contributed by atoms with E-state index in [1.807, 2.05) is 0 Å². The molecule has 1 aliphatic rings. The van der Waals surface area contributed by atoms with Crippen LogP contribution in [-0.2, 0) is 28.5 Å². The molecule has 0 aromatic rings. The zero-order chi connectivity index (χ0) is 44.4. The minimum atomic E-state index is -1.60. The molecule has 0 bridgehead atoms. The van der Waals surface area contributed by atoms with Crippen LogP contribution in [0.4, 0.5) is 0 Å². The Morgan fingerprint density at radius 1 is 0.525 bits per heavy atom. The van der Waals surface area contributed by atoms with E-state index < -0.39 is 55.4 Å². The van der Waals surface area contributed by atoms with Gasteiger partial charge in [-0.15, -0.1) is 0 Å². The molecule has 6 atom stereocenters. The molecule has 61 heavy (non-hydrogen) atoms. The number of esters is 2. The number of aliphatic hydroxyl groups is 4. The van der Waals surface area contributed by atoms with Crippen molar-refractivity contribution in [2.24, 2.45) is 0 Å². The van der Waals surface area contributed by atoms with Crippen LogP contribution >= 0.6 is 0 Å². The summed E-state index contributed by atoms with van der Waals surface area (Å²) < 4.78 is 22.2. The van der Waals surface area contributed by atoms with Gasteiger partial charge in [0.25, 0.3) is 0 Å². The quantitative estimate of drug-likeness (QED) is 0.0267. The van der Waals surface area contributed by atoms with Gasteiger partial charge < -0.3 is 39.4 Å². The lowest BCUT2D eigenvalue weighted by molar-refractivity contribution is -0.305. The van der Waals surface area contributed by atoms with Crippen molar-refractivity contribution in [3.63, 3.8) is 0 Å². The van der Waals surface area contributed by atoms with Gasteiger partial charge in [0.1, 0.15) is 31.0 Å². The lowest BCUT2D eigenvalue weighted by atomic mass is 9.99. The number of aliphatic hydroxyl groups excluding tert-OH is 4. The number of rotatable bonds is 39. The maximum absolute atomic E-state index is 12.8. The van der Waals surface area contributed by atoms with Crippen LogP contribution in [0.15, 0.2) is 72.9 Å². The highest BCUT2D eigenvalue weighted by Crippen LogP contribution is 2.22. The molecule has 0 aliphatic carbocycles. The van der Waals surface area contributed by atoms with Crippen molar-refractivity contribution >= 4 is 11.9 Å². The SMILES string of the molecule is CC/C=C/C/C=C/C/C=C/C/C=C/C/C=C/CCCCCC(=O)OC[C@@H](CO[C@H]1O[C@@H](CO)[C@@H](O)C(O)C1O)OC(=O)CCCCCCCCCCC/C=C/CCCCCC. The molecule has 1 heterocycles. The van der Waals surface area contributed by atoms with Gasteiger partial charge in [0.15, 0.2) is 12.4 Å². The molecule has 1 fully saturated rings. The van der Waals surface area contributed by atoms with E-state index in [2.05, 4.69) is 86.8 Å². The molecule has 0 amide bonds. The zero-order valence-corrected chi connectivity index (χ0v) is 38.1. The molecule has 0 spiro atoms. The summed E-state index contributed by atoms with van der Waals surface area (Å²) >= 11 is 0. The van der Waals surface area contributed by atoms with Crippen molar-refractivity contribution in [3.8, 4) is 0 Å². The normalized spacial score (nSPS) is 20.4. The highest BCUT2D eigenvalue weighted by molar-refractivity contribution is 5.70. The van der Waals surface area contributed by atoms with Crippen LogP contribution in [0, 0.1) is 0 Å². The predicted molar refractivity (Wildman–Crippen MR) is 247 cm³/mol. The molecule has 10 heteroatoms. The van der Waals surface area contributed by atoms with Crippen molar-refractivity contribution in [2.45, 2.75) is 218 Å². The second-order valence-corrected chi connectivity index (χ2v) is 16.2. The van der Waals surface area contributed by atoms with Gasteiger partial charge in [-0.05, 0) is 83.5 Å². The Bertz CT molecular complexity index is 1220. The smallest absolute Gasteiger partial charge is 0.306 e.